The fraction of sp³-hybridized carbons (Fsp3) is 0.696. The maximum absolute atomic E-state index is 13.3. The average Bonchev–Trinajstić information content (AvgIpc) is 3.41. The van der Waals surface area contributed by atoms with Crippen LogP contribution in [0.4, 0.5) is 0 Å². The summed E-state index contributed by atoms with van der Waals surface area (Å²) in [5.41, 5.74) is 2.78. The first-order chi connectivity index (χ1) is 13.7. The summed E-state index contributed by atoms with van der Waals surface area (Å²) in [7, 11) is 0. The summed E-state index contributed by atoms with van der Waals surface area (Å²) in [6, 6.07) is 4.50. The zero-order valence-corrected chi connectivity index (χ0v) is 17.0. The van der Waals surface area contributed by atoms with Crippen molar-refractivity contribution in [2.45, 2.75) is 63.3 Å². The molecule has 5 heteroatoms. The lowest BCUT2D eigenvalue weighted by molar-refractivity contribution is -0.135. The first-order valence-electron chi connectivity index (χ1n) is 11.1. The highest BCUT2D eigenvalue weighted by Gasteiger charge is 2.46. The lowest BCUT2D eigenvalue weighted by Gasteiger charge is -2.46. The largest absolute Gasteiger partial charge is 0.486 e. The standard InChI is InChI=1S/C23H32N2O3/c1-16-18-12-20-21(28-11-10-27-20)13-19(18)23(7-2-3-8-23)15-25(16)22(26)5-4-17-6-9-24-14-17/h12-13,16-17,24H,2-11,14-15H2,1H3. The van der Waals surface area contributed by atoms with Gasteiger partial charge in [-0.3, -0.25) is 4.79 Å². The maximum Gasteiger partial charge on any atom is 0.223 e. The van der Waals surface area contributed by atoms with Gasteiger partial charge >= 0.3 is 0 Å². The van der Waals surface area contributed by atoms with Crippen LogP contribution in [0.3, 0.4) is 0 Å². The van der Waals surface area contributed by atoms with Gasteiger partial charge in [-0.2, -0.15) is 0 Å². The van der Waals surface area contributed by atoms with Crippen LogP contribution in [-0.2, 0) is 10.2 Å². The average molecular weight is 385 g/mol. The molecule has 0 bridgehead atoms. The number of nitrogens with one attached hydrogen (secondary N) is 1. The Morgan fingerprint density at radius 1 is 1.21 bits per heavy atom. The van der Waals surface area contributed by atoms with Crippen molar-refractivity contribution in [2.24, 2.45) is 5.92 Å². The smallest absolute Gasteiger partial charge is 0.223 e. The van der Waals surface area contributed by atoms with Crippen LogP contribution in [0.2, 0.25) is 0 Å². The van der Waals surface area contributed by atoms with E-state index in [0.717, 1.165) is 37.6 Å². The number of amides is 1. The Morgan fingerprint density at radius 3 is 2.68 bits per heavy atom. The number of nitrogens with zero attached hydrogens (tertiary/aromatic N) is 1. The first-order valence-corrected chi connectivity index (χ1v) is 11.1. The van der Waals surface area contributed by atoms with Crippen LogP contribution in [0.15, 0.2) is 12.1 Å². The molecule has 4 aliphatic rings. The number of hydrogen-bond donors (Lipinski definition) is 1. The summed E-state index contributed by atoms with van der Waals surface area (Å²) in [5.74, 6) is 2.72. The lowest BCUT2D eigenvalue weighted by Crippen LogP contribution is -2.48. The normalized spacial score (nSPS) is 27.8. The molecule has 1 amide bonds. The molecule has 2 atom stereocenters. The van der Waals surface area contributed by atoms with Gasteiger partial charge in [-0.1, -0.05) is 12.8 Å². The number of carbonyl (C=O) groups is 1. The van der Waals surface area contributed by atoms with Crippen LogP contribution in [0.1, 0.15) is 69.0 Å². The van der Waals surface area contributed by atoms with Gasteiger partial charge in [0.15, 0.2) is 11.5 Å². The molecule has 2 fully saturated rings. The fourth-order valence-corrected chi connectivity index (χ4v) is 5.84. The molecule has 3 heterocycles. The van der Waals surface area contributed by atoms with Crippen LogP contribution in [0.25, 0.3) is 0 Å². The zero-order valence-electron chi connectivity index (χ0n) is 17.0. The Balaban J connectivity index is 1.44. The summed E-state index contributed by atoms with van der Waals surface area (Å²) in [6.07, 6.45) is 7.73. The molecular formula is C23H32N2O3. The Morgan fingerprint density at radius 2 is 1.96 bits per heavy atom. The highest BCUT2D eigenvalue weighted by atomic mass is 16.6. The third-order valence-electron chi connectivity index (χ3n) is 7.49. The van der Waals surface area contributed by atoms with Crippen molar-refractivity contribution in [1.29, 1.82) is 0 Å². The number of rotatable bonds is 3. The van der Waals surface area contributed by atoms with E-state index in [1.165, 1.54) is 43.2 Å². The molecule has 2 unspecified atom stereocenters. The highest BCUT2D eigenvalue weighted by Crippen LogP contribution is 2.52. The topological polar surface area (TPSA) is 50.8 Å². The number of carbonyl (C=O) groups excluding carboxylic acids is 1. The minimum atomic E-state index is 0.0995. The van der Waals surface area contributed by atoms with Crippen LogP contribution >= 0.6 is 0 Å². The second kappa shape index (κ2) is 7.25. The molecule has 0 radical (unpaired) electrons. The van der Waals surface area contributed by atoms with Crippen molar-refractivity contribution in [3.63, 3.8) is 0 Å². The molecule has 1 aliphatic carbocycles. The van der Waals surface area contributed by atoms with Crippen molar-refractivity contribution in [3.8, 4) is 11.5 Å². The van der Waals surface area contributed by atoms with Gasteiger partial charge in [0.25, 0.3) is 0 Å². The molecule has 1 aromatic carbocycles. The molecule has 1 N–H and O–H groups in total. The fourth-order valence-electron chi connectivity index (χ4n) is 5.84. The van der Waals surface area contributed by atoms with Gasteiger partial charge in [-0.15, -0.1) is 0 Å². The summed E-state index contributed by atoms with van der Waals surface area (Å²) >= 11 is 0. The zero-order chi connectivity index (χ0) is 19.1. The van der Waals surface area contributed by atoms with E-state index in [-0.39, 0.29) is 11.5 Å². The molecule has 1 saturated carbocycles. The molecule has 1 saturated heterocycles. The van der Waals surface area contributed by atoms with E-state index in [0.29, 0.717) is 31.5 Å². The van der Waals surface area contributed by atoms with E-state index in [4.69, 9.17) is 9.47 Å². The molecule has 0 aromatic heterocycles. The van der Waals surface area contributed by atoms with Crippen LogP contribution in [-0.4, -0.2) is 43.7 Å². The quantitative estimate of drug-likeness (QED) is 0.866. The third-order valence-corrected chi connectivity index (χ3v) is 7.49. The second-order valence-electron chi connectivity index (χ2n) is 9.17. The van der Waals surface area contributed by atoms with Crippen molar-refractivity contribution < 1.29 is 14.3 Å². The van der Waals surface area contributed by atoms with Crippen molar-refractivity contribution >= 4 is 5.91 Å². The van der Waals surface area contributed by atoms with E-state index in [1.54, 1.807) is 0 Å². The Kier molecular flexibility index (Phi) is 4.74. The Labute approximate surface area is 167 Å². The number of benzene rings is 1. The van der Waals surface area contributed by atoms with Crippen molar-refractivity contribution in [2.75, 3.05) is 32.8 Å². The number of ether oxygens (including phenoxy) is 2. The summed E-state index contributed by atoms with van der Waals surface area (Å²) in [5, 5.41) is 3.42. The molecule has 152 valence electrons. The minimum absolute atomic E-state index is 0.0995. The van der Waals surface area contributed by atoms with E-state index in [1.807, 2.05) is 0 Å². The number of fused-ring (bicyclic) bond motifs is 3. The summed E-state index contributed by atoms with van der Waals surface area (Å²) in [4.78, 5) is 15.4. The van der Waals surface area contributed by atoms with E-state index < -0.39 is 0 Å². The van der Waals surface area contributed by atoms with Gasteiger partial charge in [0.05, 0.1) is 6.04 Å². The monoisotopic (exact) mass is 384 g/mol. The Bertz CT molecular complexity index is 750. The van der Waals surface area contributed by atoms with Gasteiger partial charge in [0.2, 0.25) is 5.91 Å². The Hall–Kier alpha value is -1.75. The van der Waals surface area contributed by atoms with E-state index >= 15 is 0 Å². The third kappa shape index (κ3) is 3.08. The minimum Gasteiger partial charge on any atom is -0.486 e. The first kappa shape index (κ1) is 18.3. The summed E-state index contributed by atoms with van der Waals surface area (Å²) in [6.45, 7) is 6.44. The SMILES string of the molecule is CC1c2cc3c(cc2C2(CCCC2)CN1C(=O)CCC1CCNC1)OCCO3. The van der Waals surface area contributed by atoms with Gasteiger partial charge in [-0.05, 0) is 74.9 Å². The molecular weight excluding hydrogens is 352 g/mol. The lowest BCUT2D eigenvalue weighted by atomic mass is 9.71. The van der Waals surface area contributed by atoms with Gasteiger partial charge in [-0.25, -0.2) is 0 Å². The van der Waals surface area contributed by atoms with Gasteiger partial charge in [0.1, 0.15) is 13.2 Å². The molecule has 1 aromatic rings. The van der Waals surface area contributed by atoms with E-state index in [9.17, 15) is 4.79 Å². The molecule has 5 rings (SSSR count). The van der Waals surface area contributed by atoms with Crippen LogP contribution in [0, 0.1) is 5.92 Å². The van der Waals surface area contributed by atoms with Crippen LogP contribution < -0.4 is 14.8 Å². The predicted octanol–water partition coefficient (Wildman–Crippen LogP) is 3.56. The van der Waals surface area contributed by atoms with Gasteiger partial charge in [0, 0.05) is 18.4 Å². The highest BCUT2D eigenvalue weighted by molar-refractivity contribution is 5.77. The summed E-state index contributed by atoms with van der Waals surface area (Å²) < 4.78 is 11.8. The van der Waals surface area contributed by atoms with Crippen molar-refractivity contribution in [1.82, 2.24) is 10.2 Å². The molecule has 3 aliphatic heterocycles. The molecule has 5 nitrogen and oxygen atoms in total. The molecule has 1 spiro atoms. The number of hydrogen-bond acceptors (Lipinski definition) is 4. The maximum atomic E-state index is 13.3. The second-order valence-corrected chi connectivity index (χ2v) is 9.17. The molecule has 28 heavy (non-hydrogen) atoms. The van der Waals surface area contributed by atoms with Crippen LogP contribution in [0.5, 0.6) is 11.5 Å². The predicted molar refractivity (Wildman–Crippen MR) is 108 cm³/mol. The van der Waals surface area contributed by atoms with Gasteiger partial charge < -0.3 is 19.7 Å². The van der Waals surface area contributed by atoms with Crippen molar-refractivity contribution in [3.05, 3.63) is 23.3 Å². The van der Waals surface area contributed by atoms with E-state index in [2.05, 4.69) is 29.3 Å².